The summed E-state index contributed by atoms with van der Waals surface area (Å²) in [5, 5.41) is 0. The van der Waals surface area contributed by atoms with Gasteiger partial charge in [0.05, 0.1) is 0 Å². The minimum absolute atomic E-state index is 0.156. The smallest absolute Gasteiger partial charge is 0.316 e. The zero-order chi connectivity index (χ0) is 12.3. The highest BCUT2D eigenvalue weighted by Gasteiger charge is 2.37. The minimum atomic E-state index is -4.38. The van der Waals surface area contributed by atoms with E-state index in [0.29, 0.717) is 12.8 Å². The van der Waals surface area contributed by atoms with Crippen LogP contribution in [-0.4, -0.2) is 6.18 Å². The van der Waals surface area contributed by atoms with Crippen molar-refractivity contribution in [1.29, 1.82) is 0 Å². The fourth-order valence-corrected chi connectivity index (χ4v) is 1.57. The van der Waals surface area contributed by atoms with Crippen molar-refractivity contribution in [3.8, 4) is 0 Å². The van der Waals surface area contributed by atoms with Crippen LogP contribution in [-0.2, 0) is 12.8 Å². The van der Waals surface area contributed by atoms with Crippen LogP contribution >= 0.6 is 0 Å². The van der Waals surface area contributed by atoms with Crippen molar-refractivity contribution in [3.05, 3.63) is 34.9 Å². The molecule has 1 aromatic carbocycles. The second-order valence-corrected chi connectivity index (χ2v) is 3.81. The average Bonchev–Trinajstić information content (AvgIpc) is 2.26. The van der Waals surface area contributed by atoms with Crippen molar-refractivity contribution in [3.63, 3.8) is 0 Å². The lowest BCUT2D eigenvalue weighted by Gasteiger charge is -2.17. The van der Waals surface area contributed by atoms with Gasteiger partial charge in [-0.3, -0.25) is 0 Å². The zero-order valence-corrected chi connectivity index (χ0v) is 9.43. The Balaban J connectivity index is 3.13. The second kappa shape index (κ2) is 4.87. The Labute approximate surface area is 93.5 Å². The molecule has 0 fully saturated rings. The van der Waals surface area contributed by atoms with Crippen LogP contribution in [0.15, 0.2) is 18.2 Å². The first kappa shape index (κ1) is 13.0. The Morgan fingerprint density at radius 2 is 1.50 bits per heavy atom. The molecule has 1 rings (SSSR count). The van der Waals surface area contributed by atoms with Crippen molar-refractivity contribution in [2.75, 3.05) is 0 Å². The van der Waals surface area contributed by atoms with Crippen molar-refractivity contribution in [2.24, 2.45) is 5.73 Å². The molecule has 0 aromatic heterocycles. The molecule has 16 heavy (non-hydrogen) atoms. The van der Waals surface area contributed by atoms with E-state index in [9.17, 15) is 13.2 Å². The molecule has 0 aliphatic carbocycles. The third-order valence-corrected chi connectivity index (χ3v) is 2.60. The van der Waals surface area contributed by atoms with Crippen molar-refractivity contribution >= 4 is 0 Å². The Bertz CT molecular complexity index is 336. The van der Waals surface area contributed by atoms with Gasteiger partial charge in [0.1, 0.15) is 6.04 Å². The number of rotatable bonds is 3. The third kappa shape index (κ3) is 2.98. The van der Waals surface area contributed by atoms with Gasteiger partial charge in [-0.1, -0.05) is 32.0 Å². The minimum Gasteiger partial charge on any atom is -0.316 e. The molecule has 0 aliphatic heterocycles. The van der Waals surface area contributed by atoms with Gasteiger partial charge in [-0.05, 0) is 29.5 Å². The van der Waals surface area contributed by atoms with E-state index in [4.69, 9.17) is 5.73 Å². The highest BCUT2D eigenvalue weighted by molar-refractivity contribution is 5.32. The summed E-state index contributed by atoms with van der Waals surface area (Å²) in [6, 6.07) is 3.12. The number of hydrogen-bond donors (Lipinski definition) is 1. The number of nitrogens with two attached hydrogens (primary N) is 1. The van der Waals surface area contributed by atoms with Gasteiger partial charge in [-0.25, -0.2) is 0 Å². The molecule has 2 N–H and O–H groups in total. The molecule has 0 spiro atoms. The predicted molar refractivity (Wildman–Crippen MR) is 58.2 cm³/mol. The van der Waals surface area contributed by atoms with E-state index in [1.54, 1.807) is 0 Å². The van der Waals surface area contributed by atoms with Gasteiger partial charge in [0.15, 0.2) is 0 Å². The standard InChI is InChI=1S/C12H16F3N/c1-3-8-5-9(4-2)7-10(6-8)11(16)12(13,14)15/h5-7,11H,3-4,16H2,1-2H3/t11-/m0/s1. The van der Waals surface area contributed by atoms with Crippen LogP contribution in [0.4, 0.5) is 13.2 Å². The summed E-state index contributed by atoms with van der Waals surface area (Å²) in [6.45, 7) is 3.83. The summed E-state index contributed by atoms with van der Waals surface area (Å²) >= 11 is 0. The lowest BCUT2D eigenvalue weighted by atomic mass is 9.98. The molecule has 90 valence electrons. The van der Waals surface area contributed by atoms with E-state index < -0.39 is 12.2 Å². The molecular formula is C12H16F3N. The second-order valence-electron chi connectivity index (χ2n) is 3.81. The molecule has 0 amide bonds. The number of halogens is 3. The summed E-state index contributed by atoms with van der Waals surface area (Å²) in [4.78, 5) is 0. The van der Waals surface area contributed by atoms with Gasteiger partial charge in [-0.2, -0.15) is 13.2 Å². The normalized spacial score (nSPS) is 13.9. The maximum absolute atomic E-state index is 12.5. The number of aryl methyl sites for hydroxylation is 2. The third-order valence-electron chi connectivity index (χ3n) is 2.60. The maximum atomic E-state index is 12.5. The lowest BCUT2D eigenvalue weighted by molar-refractivity contribution is -0.149. The van der Waals surface area contributed by atoms with Gasteiger partial charge in [0, 0.05) is 0 Å². The van der Waals surface area contributed by atoms with Gasteiger partial charge in [-0.15, -0.1) is 0 Å². The molecule has 1 atom stereocenters. The first-order chi connectivity index (χ1) is 7.38. The average molecular weight is 231 g/mol. The SMILES string of the molecule is CCc1cc(CC)cc([C@H](N)C(F)(F)F)c1. The molecule has 0 radical (unpaired) electrons. The Morgan fingerprint density at radius 3 is 1.81 bits per heavy atom. The fourth-order valence-electron chi connectivity index (χ4n) is 1.57. The molecule has 4 heteroatoms. The molecule has 1 aromatic rings. The van der Waals surface area contributed by atoms with Crippen LogP contribution in [0.25, 0.3) is 0 Å². The molecule has 0 aliphatic rings. The van der Waals surface area contributed by atoms with Crippen molar-refractivity contribution in [2.45, 2.75) is 38.9 Å². The van der Waals surface area contributed by atoms with Crippen LogP contribution in [0.5, 0.6) is 0 Å². The summed E-state index contributed by atoms with van der Waals surface area (Å²) in [7, 11) is 0. The Hall–Kier alpha value is -1.03. The van der Waals surface area contributed by atoms with Crippen LogP contribution in [0.3, 0.4) is 0 Å². The van der Waals surface area contributed by atoms with Gasteiger partial charge in [0.25, 0.3) is 0 Å². The van der Waals surface area contributed by atoms with Crippen molar-refractivity contribution < 1.29 is 13.2 Å². The monoisotopic (exact) mass is 231 g/mol. The van der Waals surface area contributed by atoms with Crippen LogP contribution in [0.1, 0.15) is 36.6 Å². The molecule has 0 bridgehead atoms. The topological polar surface area (TPSA) is 26.0 Å². The summed E-state index contributed by atoms with van der Waals surface area (Å²) in [6.07, 6.45) is -2.95. The van der Waals surface area contributed by atoms with Crippen molar-refractivity contribution in [1.82, 2.24) is 0 Å². The van der Waals surface area contributed by atoms with E-state index in [1.165, 1.54) is 12.1 Å². The number of benzene rings is 1. The van der Waals surface area contributed by atoms with Gasteiger partial charge in [0.2, 0.25) is 0 Å². The highest BCUT2D eigenvalue weighted by Crippen LogP contribution is 2.31. The molecule has 0 saturated heterocycles. The van der Waals surface area contributed by atoms with E-state index in [0.717, 1.165) is 11.1 Å². The predicted octanol–water partition coefficient (Wildman–Crippen LogP) is 3.37. The van der Waals surface area contributed by atoms with Crippen LogP contribution in [0.2, 0.25) is 0 Å². The van der Waals surface area contributed by atoms with Gasteiger partial charge < -0.3 is 5.73 Å². The van der Waals surface area contributed by atoms with Crippen LogP contribution in [0, 0.1) is 0 Å². The first-order valence-electron chi connectivity index (χ1n) is 5.33. The highest BCUT2D eigenvalue weighted by atomic mass is 19.4. The molecule has 0 unspecified atom stereocenters. The maximum Gasteiger partial charge on any atom is 0.407 e. The number of alkyl halides is 3. The molecule has 1 nitrogen and oxygen atoms in total. The van der Waals surface area contributed by atoms with E-state index in [-0.39, 0.29) is 5.56 Å². The van der Waals surface area contributed by atoms with E-state index >= 15 is 0 Å². The quantitative estimate of drug-likeness (QED) is 0.848. The Kier molecular flexibility index (Phi) is 3.97. The zero-order valence-electron chi connectivity index (χ0n) is 9.43. The summed E-state index contributed by atoms with van der Waals surface area (Å²) < 4.78 is 37.4. The molecule has 0 heterocycles. The fraction of sp³-hybridized carbons (Fsp3) is 0.500. The van der Waals surface area contributed by atoms with Gasteiger partial charge >= 0.3 is 6.18 Å². The molecular weight excluding hydrogens is 215 g/mol. The van der Waals surface area contributed by atoms with E-state index in [1.807, 2.05) is 19.9 Å². The summed E-state index contributed by atoms with van der Waals surface area (Å²) in [5.41, 5.74) is 7.14. The first-order valence-corrected chi connectivity index (χ1v) is 5.33. The number of hydrogen-bond acceptors (Lipinski definition) is 1. The molecule has 0 saturated carbocycles. The largest absolute Gasteiger partial charge is 0.407 e. The Morgan fingerprint density at radius 1 is 1.06 bits per heavy atom. The van der Waals surface area contributed by atoms with E-state index in [2.05, 4.69) is 0 Å². The van der Waals surface area contributed by atoms with Crippen LogP contribution < -0.4 is 5.73 Å². The lowest BCUT2D eigenvalue weighted by Crippen LogP contribution is -2.28. The summed E-state index contributed by atoms with van der Waals surface area (Å²) in [5.74, 6) is 0.